The number of carbonyl (C=O) groups excluding carboxylic acids is 1. The Morgan fingerprint density at radius 2 is 1.73 bits per heavy atom. The molecule has 0 aliphatic carbocycles. The maximum absolute atomic E-state index is 12.9. The van der Waals surface area contributed by atoms with E-state index in [4.69, 9.17) is 4.74 Å². The van der Waals surface area contributed by atoms with Crippen molar-refractivity contribution in [1.82, 2.24) is 4.90 Å². The van der Waals surface area contributed by atoms with E-state index in [0.717, 1.165) is 41.1 Å². The molecule has 0 aromatic heterocycles. The summed E-state index contributed by atoms with van der Waals surface area (Å²) in [5, 5.41) is 13.6. The largest absolute Gasteiger partial charge is 0.481 e. The summed E-state index contributed by atoms with van der Waals surface area (Å²) in [7, 11) is 0. The number of aliphatic hydroxyl groups excluding tert-OH is 1. The molecule has 0 heterocycles. The first kappa shape index (κ1) is 23.9. The molecule has 0 aliphatic heterocycles. The summed E-state index contributed by atoms with van der Waals surface area (Å²) in [6.45, 7) is 15.4. The van der Waals surface area contributed by atoms with Gasteiger partial charge in [0.2, 0.25) is 0 Å². The predicted molar refractivity (Wildman–Crippen MR) is 123 cm³/mol. The molecule has 2 N–H and O–H groups in total. The van der Waals surface area contributed by atoms with Gasteiger partial charge in [0.1, 0.15) is 12.0 Å². The molecule has 164 valence electrons. The SMILES string of the molecule is CCN(CC)C(O)c1ccc(C)c(NC(=O)C(C)Oc2cc(C)ccc2C(C)C)c1. The van der Waals surface area contributed by atoms with Crippen LogP contribution in [0.5, 0.6) is 5.75 Å². The molecule has 2 rings (SSSR count). The number of carbonyl (C=O) groups is 1. The van der Waals surface area contributed by atoms with Gasteiger partial charge < -0.3 is 15.2 Å². The highest BCUT2D eigenvalue weighted by Gasteiger charge is 2.20. The molecule has 0 saturated heterocycles. The molecule has 2 aromatic rings. The number of hydrogen-bond donors (Lipinski definition) is 2. The molecule has 2 aromatic carbocycles. The minimum absolute atomic E-state index is 0.219. The van der Waals surface area contributed by atoms with Gasteiger partial charge in [-0.25, -0.2) is 0 Å². The maximum Gasteiger partial charge on any atom is 0.265 e. The molecule has 30 heavy (non-hydrogen) atoms. The first-order valence-corrected chi connectivity index (χ1v) is 10.8. The fourth-order valence-corrected chi connectivity index (χ4v) is 3.41. The first-order chi connectivity index (χ1) is 14.2. The van der Waals surface area contributed by atoms with Crippen LogP contribution in [0.15, 0.2) is 36.4 Å². The number of anilines is 1. The number of aliphatic hydroxyl groups is 1. The van der Waals surface area contributed by atoms with Crippen molar-refractivity contribution >= 4 is 11.6 Å². The second kappa shape index (κ2) is 10.6. The fraction of sp³-hybridized carbons (Fsp3) is 0.480. The van der Waals surface area contributed by atoms with Crippen molar-refractivity contribution in [2.24, 2.45) is 0 Å². The summed E-state index contributed by atoms with van der Waals surface area (Å²) in [4.78, 5) is 14.8. The van der Waals surface area contributed by atoms with E-state index >= 15 is 0 Å². The molecule has 2 unspecified atom stereocenters. The smallest absolute Gasteiger partial charge is 0.265 e. The quantitative estimate of drug-likeness (QED) is 0.558. The van der Waals surface area contributed by atoms with Crippen LogP contribution in [-0.4, -0.2) is 35.1 Å². The van der Waals surface area contributed by atoms with Crippen molar-refractivity contribution in [1.29, 1.82) is 0 Å². The summed E-state index contributed by atoms with van der Waals surface area (Å²) >= 11 is 0. The second-order valence-electron chi connectivity index (χ2n) is 8.11. The highest BCUT2D eigenvalue weighted by Crippen LogP contribution is 2.29. The van der Waals surface area contributed by atoms with Gasteiger partial charge >= 0.3 is 0 Å². The van der Waals surface area contributed by atoms with Crippen LogP contribution in [0, 0.1) is 13.8 Å². The zero-order valence-corrected chi connectivity index (χ0v) is 19.3. The number of nitrogens with one attached hydrogen (secondary N) is 1. The molecular formula is C25H36N2O3. The number of rotatable bonds is 9. The van der Waals surface area contributed by atoms with Gasteiger partial charge in [-0.1, -0.05) is 52.0 Å². The molecule has 0 saturated carbocycles. The van der Waals surface area contributed by atoms with Gasteiger partial charge in [-0.3, -0.25) is 9.69 Å². The molecule has 0 spiro atoms. The standard InChI is InChI=1S/C25H36N2O3/c1-8-27(9-2)25(29)20-12-11-18(6)22(15-20)26-24(28)19(7)30-23-14-17(5)10-13-21(23)16(3)4/h10-16,19,25,29H,8-9H2,1-7H3,(H,26,28). The Morgan fingerprint density at radius 3 is 2.33 bits per heavy atom. The van der Waals surface area contributed by atoms with Crippen LogP contribution in [0.4, 0.5) is 5.69 Å². The minimum Gasteiger partial charge on any atom is -0.481 e. The van der Waals surface area contributed by atoms with Crippen molar-refractivity contribution in [3.63, 3.8) is 0 Å². The fourth-order valence-electron chi connectivity index (χ4n) is 3.41. The predicted octanol–water partition coefficient (Wildman–Crippen LogP) is 5.17. The third kappa shape index (κ3) is 5.83. The number of nitrogens with zero attached hydrogens (tertiary/aromatic N) is 1. The summed E-state index contributed by atoms with van der Waals surface area (Å²) < 4.78 is 6.04. The Labute approximate surface area is 181 Å². The Kier molecular flexibility index (Phi) is 8.44. The number of aryl methyl sites for hydroxylation is 2. The Hall–Kier alpha value is -2.37. The van der Waals surface area contributed by atoms with E-state index in [1.54, 1.807) is 6.92 Å². The first-order valence-electron chi connectivity index (χ1n) is 10.8. The van der Waals surface area contributed by atoms with Gasteiger partial charge in [0.05, 0.1) is 0 Å². The highest BCUT2D eigenvalue weighted by atomic mass is 16.5. The summed E-state index contributed by atoms with van der Waals surface area (Å²) in [6.07, 6.45) is -1.36. The van der Waals surface area contributed by atoms with Crippen molar-refractivity contribution in [3.05, 3.63) is 58.7 Å². The van der Waals surface area contributed by atoms with E-state index < -0.39 is 12.3 Å². The Bertz CT molecular complexity index is 859. The van der Waals surface area contributed by atoms with E-state index in [2.05, 4.69) is 31.3 Å². The van der Waals surface area contributed by atoms with Gasteiger partial charge in [-0.15, -0.1) is 0 Å². The summed E-state index contributed by atoms with van der Waals surface area (Å²) in [6, 6.07) is 11.8. The molecule has 5 nitrogen and oxygen atoms in total. The molecule has 0 radical (unpaired) electrons. The van der Waals surface area contributed by atoms with E-state index in [9.17, 15) is 9.90 Å². The highest BCUT2D eigenvalue weighted by molar-refractivity contribution is 5.94. The zero-order valence-electron chi connectivity index (χ0n) is 19.3. The number of benzene rings is 2. The van der Waals surface area contributed by atoms with Crippen LogP contribution in [0.1, 0.15) is 69.0 Å². The molecule has 5 heteroatoms. The van der Waals surface area contributed by atoms with Crippen LogP contribution in [0.3, 0.4) is 0 Å². The van der Waals surface area contributed by atoms with Crippen molar-refractivity contribution in [2.75, 3.05) is 18.4 Å². The van der Waals surface area contributed by atoms with Crippen molar-refractivity contribution in [3.8, 4) is 5.75 Å². The van der Waals surface area contributed by atoms with Crippen LogP contribution >= 0.6 is 0 Å². The third-order valence-corrected chi connectivity index (χ3v) is 5.44. The lowest BCUT2D eigenvalue weighted by atomic mass is 10.0. The molecule has 2 atom stereocenters. The average Bonchev–Trinajstić information content (AvgIpc) is 2.70. The van der Waals surface area contributed by atoms with E-state index in [1.165, 1.54) is 0 Å². The van der Waals surface area contributed by atoms with Crippen LogP contribution in [0.2, 0.25) is 0 Å². The normalized spacial score (nSPS) is 13.4. The molecule has 0 fully saturated rings. The Balaban J connectivity index is 2.18. The van der Waals surface area contributed by atoms with E-state index in [-0.39, 0.29) is 5.91 Å². The molecule has 1 amide bonds. The third-order valence-electron chi connectivity index (χ3n) is 5.44. The summed E-state index contributed by atoms with van der Waals surface area (Å²) in [5.74, 6) is 0.829. The van der Waals surface area contributed by atoms with Gasteiger partial charge in [0.15, 0.2) is 6.10 Å². The van der Waals surface area contributed by atoms with Crippen LogP contribution in [-0.2, 0) is 4.79 Å². The summed E-state index contributed by atoms with van der Waals surface area (Å²) in [5.41, 5.74) is 4.56. The van der Waals surface area contributed by atoms with Crippen molar-refractivity contribution < 1.29 is 14.6 Å². The monoisotopic (exact) mass is 412 g/mol. The minimum atomic E-state index is -0.703. The molecular weight excluding hydrogens is 376 g/mol. The number of amides is 1. The van der Waals surface area contributed by atoms with Gasteiger partial charge in [0.25, 0.3) is 5.91 Å². The Morgan fingerprint density at radius 1 is 1.07 bits per heavy atom. The van der Waals surface area contributed by atoms with Crippen LogP contribution < -0.4 is 10.1 Å². The lowest BCUT2D eigenvalue weighted by Gasteiger charge is -2.26. The number of hydrogen-bond acceptors (Lipinski definition) is 4. The van der Waals surface area contributed by atoms with E-state index in [0.29, 0.717) is 11.6 Å². The molecule has 0 aliphatic rings. The zero-order chi connectivity index (χ0) is 22.4. The van der Waals surface area contributed by atoms with Gasteiger partial charge in [-0.2, -0.15) is 0 Å². The van der Waals surface area contributed by atoms with Gasteiger partial charge in [-0.05, 0) is 74.2 Å². The average molecular weight is 413 g/mol. The molecule has 0 bridgehead atoms. The lowest BCUT2D eigenvalue weighted by molar-refractivity contribution is -0.122. The van der Waals surface area contributed by atoms with Gasteiger partial charge in [0, 0.05) is 5.69 Å². The lowest BCUT2D eigenvalue weighted by Crippen LogP contribution is -2.31. The topological polar surface area (TPSA) is 61.8 Å². The van der Waals surface area contributed by atoms with Crippen LogP contribution in [0.25, 0.3) is 0 Å². The van der Waals surface area contributed by atoms with E-state index in [1.807, 2.05) is 56.9 Å². The van der Waals surface area contributed by atoms with Crippen molar-refractivity contribution in [2.45, 2.75) is 66.7 Å². The number of ether oxygens (including phenoxy) is 1. The maximum atomic E-state index is 12.9. The second-order valence-corrected chi connectivity index (χ2v) is 8.11.